The van der Waals surface area contributed by atoms with Crippen LogP contribution in [0.25, 0.3) is 82.3 Å². The summed E-state index contributed by atoms with van der Waals surface area (Å²) in [7, 11) is 0. The maximum absolute atomic E-state index is 6.81. The lowest BCUT2D eigenvalue weighted by Gasteiger charge is -2.10. The molecule has 0 fully saturated rings. The van der Waals surface area contributed by atoms with E-state index in [4.69, 9.17) is 24.6 Å². The third-order valence-electron chi connectivity index (χ3n) is 11.1. The molecular weight excluding hydrogens is 719 g/mol. The Hall–Kier alpha value is -7.02. The smallest absolute Gasteiger partial charge is 0.157 e. The third kappa shape index (κ3) is 5.85. The molecule has 11 rings (SSSR count). The summed E-state index contributed by atoms with van der Waals surface area (Å²) in [4.78, 5) is 11.6. The average molecular weight is 754 g/mol. The van der Waals surface area contributed by atoms with E-state index in [9.17, 15) is 0 Å². The van der Waals surface area contributed by atoms with Crippen molar-refractivity contribution in [2.75, 3.05) is 0 Å². The van der Waals surface area contributed by atoms with Gasteiger partial charge in [-0.3, -0.25) is 4.99 Å². The van der Waals surface area contributed by atoms with Crippen molar-refractivity contribution in [3.63, 3.8) is 0 Å². The van der Waals surface area contributed by atoms with Gasteiger partial charge in [0.25, 0.3) is 0 Å². The van der Waals surface area contributed by atoms with Gasteiger partial charge in [0.1, 0.15) is 28.2 Å². The van der Waals surface area contributed by atoms with Crippen molar-refractivity contribution in [3.05, 3.63) is 185 Å². The standard InChI is InChI=1S/C51H35N3O2S/c52-50(35-24-26-39-38-13-4-6-16-42(38)56-45(39)29-35)54-51(33-22-20-32(21-23-33)31-10-2-1-3-11-31)53-30-36-12-8-17-44-48(36)41-28-34(25-27-43(41)55-44)37-15-9-19-47-49(37)40-14-5-7-18-46(40)57-47/h1-4,6-13,15-29H,5,14,30H2,(H2,52,53,54). The van der Waals surface area contributed by atoms with Gasteiger partial charge in [0.2, 0.25) is 0 Å². The molecule has 0 spiro atoms. The molecule has 0 atom stereocenters. The van der Waals surface area contributed by atoms with E-state index in [1.165, 1.54) is 31.7 Å². The predicted molar refractivity (Wildman–Crippen MR) is 238 cm³/mol. The van der Waals surface area contributed by atoms with Crippen LogP contribution >= 0.6 is 11.3 Å². The van der Waals surface area contributed by atoms with Crippen LogP contribution in [0.3, 0.4) is 0 Å². The molecule has 0 saturated carbocycles. The molecule has 0 saturated heterocycles. The summed E-state index contributed by atoms with van der Waals surface area (Å²) in [5, 5.41) is 5.62. The van der Waals surface area contributed by atoms with E-state index in [-0.39, 0.29) is 0 Å². The number of thiophene rings is 1. The highest BCUT2D eigenvalue weighted by molar-refractivity contribution is 7.20. The fourth-order valence-corrected chi connectivity index (χ4v) is 9.54. The normalized spacial score (nSPS) is 13.4. The number of nitrogens with zero attached hydrogens (tertiary/aromatic N) is 2. The Kier molecular flexibility index (Phi) is 7.97. The van der Waals surface area contributed by atoms with Gasteiger partial charge in [-0.15, -0.1) is 11.3 Å². The van der Waals surface area contributed by atoms with Crippen LogP contribution in [-0.4, -0.2) is 11.7 Å². The second kappa shape index (κ2) is 13.6. The summed E-state index contributed by atoms with van der Waals surface area (Å²) in [6, 6.07) is 52.3. The van der Waals surface area contributed by atoms with E-state index < -0.39 is 0 Å². The summed E-state index contributed by atoms with van der Waals surface area (Å²) >= 11 is 1.89. The quantitative estimate of drug-likeness (QED) is 0.136. The van der Waals surface area contributed by atoms with Gasteiger partial charge in [0, 0.05) is 47.6 Å². The number of aryl methyl sites for hydroxylation is 1. The molecule has 0 radical (unpaired) electrons. The molecule has 7 aromatic carbocycles. The van der Waals surface area contributed by atoms with Gasteiger partial charge in [-0.25, -0.2) is 4.99 Å². The predicted octanol–water partition coefficient (Wildman–Crippen LogP) is 13.3. The lowest BCUT2D eigenvalue weighted by atomic mass is 9.93. The topological polar surface area (TPSA) is 77.0 Å². The number of para-hydroxylation sites is 1. The first-order chi connectivity index (χ1) is 28.1. The molecular formula is C51H35N3O2S. The Bertz CT molecular complexity index is 3270. The number of fused-ring (bicyclic) bond motifs is 9. The van der Waals surface area contributed by atoms with E-state index in [0.717, 1.165) is 84.5 Å². The second-order valence-electron chi connectivity index (χ2n) is 14.6. The van der Waals surface area contributed by atoms with Crippen LogP contribution in [0.2, 0.25) is 0 Å². The van der Waals surface area contributed by atoms with E-state index in [0.29, 0.717) is 18.2 Å². The monoisotopic (exact) mass is 753 g/mol. The van der Waals surface area contributed by atoms with Gasteiger partial charge >= 0.3 is 0 Å². The van der Waals surface area contributed by atoms with Gasteiger partial charge in [-0.1, -0.05) is 115 Å². The molecule has 5 nitrogen and oxygen atoms in total. The van der Waals surface area contributed by atoms with Crippen LogP contribution in [0.4, 0.5) is 0 Å². The van der Waals surface area contributed by atoms with Crippen LogP contribution in [0.5, 0.6) is 0 Å². The van der Waals surface area contributed by atoms with E-state index in [1.807, 2.05) is 65.9 Å². The Morgan fingerprint density at radius 3 is 2.25 bits per heavy atom. The van der Waals surface area contributed by atoms with Gasteiger partial charge in [0.15, 0.2) is 5.84 Å². The molecule has 272 valence electrons. The molecule has 0 bridgehead atoms. The maximum Gasteiger partial charge on any atom is 0.157 e. The summed E-state index contributed by atoms with van der Waals surface area (Å²) in [5.74, 6) is 0.908. The molecule has 1 aliphatic rings. The highest BCUT2D eigenvalue weighted by Gasteiger charge is 2.19. The molecule has 2 N–H and O–H groups in total. The Balaban J connectivity index is 1.01. The number of allylic oxidation sites excluding steroid dienone is 1. The van der Waals surface area contributed by atoms with Gasteiger partial charge in [-0.05, 0) is 94.8 Å². The Morgan fingerprint density at radius 2 is 1.33 bits per heavy atom. The molecule has 0 unspecified atom stereocenters. The number of nitrogens with two attached hydrogens (primary N) is 1. The van der Waals surface area contributed by atoms with E-state index >= 15 is 0 Å². The highest BCUT2D eigenvalue weighted by atomic mass is 32.1. The lowest BCUT2D eigenvalue weighted by Crippen LogP contribution is -2.16. The van der Waals surface area contributed by atoms with Crippen LogP contribution in [0.15, 0.2) is 177 Å². The molecule has 57 heavy (non-hydrogen) atoms. The number of rotatable bonds is 6. The SMILES string of the molecule is N/C(=N\C(=N/Cc1cccc2oc3ccc(-c4cccc5sc6c(c45)CCC=C6)cc3c12)c1ccc(-c2ccccc2)cc1)c1ccc2c(c1)oc1ccccc12. The summed E-state index contributed by atoms with van der Waals surface area (Å²) in [6.07, 6.45) is 6.72. The van der Waals surface area contributed by atoms with Gasteiger partial charge in [0.05, 0.1) is 6.54 Å². The fourth-order valence-electron chi connectivity index (χ4n) is 8.33. The summed E-state index contributed by atoms with van der Waals surface area (Å²) < 4.78 is 14.0. The Morgan fingerprint density at radius 1 is 0.596 bits per heavy atom. The zero-order valence-corrected chi connectivity index (χ0v) is 31.7. The molecule has 0 aliphatic heterocycles. The van der Waals surface area contributed by atoms with Crippen molar-refractivity contribution in [3.8, 4) is 22.3 Å². The number of hydrogen-bond acceptors (Lipinski definition) is 4. The third-order valence-corrected chi connectivity index (χ3v) is 12.3. The fraction of sp³-hybridized carbons (Fsp3) is 0.0588. The highest BCUT2D eigenvalue weighted by Crippen LogP contribution is 2.43. The first kappa shape index (κ1) is 33.3. The van der Waals surface area contributed by atoms with Crippen molar-refractivity contribution in [1.29, 1.82) is 0 Å². The second-order valence-corrected chi connectivity index (χ2v) is 15.6. The molecule has 1 aliphatic carbocycles. The molecule has 3 aromatic heterocycles. The van der Waals surface area contributed by atoms with Gasteiger partial charge < -0.3 is 14.6 Å². The minimum Gasteiger partial charge on any atom is -0.456 e. The molecule has 6 heteroatoms. The minimum atomic E-state index is 0.361. The van der Waals surface area contributed by atoms with E-state index in [1.54, 1.807) is 0 Å². The number of aliphatic imine (C=N–C) groups is 2. The number of furan rings is 2. The van der Waals surface area contributed by atoms with Crippen LogP contribution in [0, 0.1) is 0 Å². The van der Waals surface area contributed by atoms with Crippen molar-refractivity contribution in [2.24, 2.45) is 15.7 Å². The maximum atomic E-state index is 6.81. The van der Waals surface area contributed by atoms with Crippen LogP contribution < -0.4 is 5.73 Å². The van der Waals surface area contributed by atoms with Crippen molar-refractivity contribution in [1.82, 2.24) is 0 Å². The van der Waals surface area contributed by atoms with Crippen molar-refractivity contribution >= 4 is 83.0 Å². The average Bonchev–Trinajstić information content (AvgIpc) is 3.96. The summed E-state index contributed by atoms with van der Waals surface area (Å²) in [6.45, 7) is 0.380. The lowest BCUT2D eigenvalue weighted by molar-refractivity contribution is 0.668. The summed E-state index contributed by atoms with van der Waals surface area (Å²) in [5.41, 5.74) is 19.0. The zero-order chi connectivity index (χ0) is 37.9. The Labute approximate surface area is 332 Å². The van der Waals surface area contributed by atoms with Crippen molar-refractivity contribution in [2.45, 2.75) is 19.4 Å². The van der Waals surface area contributed by atoms with E-state index in [2.05, 4.69) is 109 Å². The molecule has 10 aromatic rings. The zero-order valence-electron chi connectivity index (χ0n) is 30.9. The molecule has 3 heterocycles. The van der Waals surface area contributed by atoms with Gasteiger partial charge in [-0.2, -0.15) is 0 Å². The number of hydrogen-bond donors (Lipinski definition) is 1. The van der Waals surface area contributed by atoms with Crippen molar-refractivity contribution < 1.29 is 8.83 Å². The largest absolute Gasteiger partial charge is 0.456 e. The van der Waals surface area contributed by atoms with Crippen LogP contribution in [0.1, 0.15) is 33.6 Å². The first-order valence-electron chi connectivity index (χ1n) is 19.3. The number of amidine groups is 2. The van der Waals surface area contributed by atoms with Crippen LogP contribution in [-0.2, 0) is 13.0 Å². The minimum absolute atomic E-state index is 0.361. The first-order valence-corrected chi connectivity index (χ1v) is 20.1. The number of benzene rings is 7. The molecule has 0 amide bonds.